The molecule has 0 atom stereocenters. The van der Waals surface area contributed by atoms with Gasteiger partial charge in [0.25, 0.3) is 0 Å². The van der Waals surface area contributed by atoms with Crippen molar-refractivity contribution < 1.29 is 38.0 Å². The van der Waals surface area contributed by atoms with Gasteiger partial charge in [-0.05, 0) is 145 Å². The van der Waals surface area contributed by atoms with Gasteiger partial charge in [0.2, 0.25) is 0 Å². The third-order valence-corrected chi connectivity index (χ3v) is 17.8. The molecule has 2 amide bonds. The first-order chi connectivity index (χ1) is 41.7. The van der Waals surface area contributed by atoms with Crippen LogP contribution in [-0.4, -0.2) is 91.1 Å². The molecule has 0 saturated heterocycles. The Balaban J connectivity index is 0.913. The van der Waals surface area contributed by atoms with Gasteiger partial charge in [0.1, 0.15) is 49.4 Å². The van der Waals surface area contributed by atoms with Crippen molar-refractivity contribution in [1.82, 2.24) is 10.6 Å². The van der Waals surface area contributed by atoms with E-state index in [1.807, 2.05) is 0 Å². The molecule has 14 heteroatoms. The first kappa shape index (κ1) is 61.8. The summed E-state index contributed by atoms with van der Waals surface area (Å²) < 4.78 is 35.8. The first-order valence-corrected chi connectivity index (χ1v) is 32.4. The lowest BCUT2D eigenvalue weighted by molar-refractivity contribution is 0.148. The topological polar surface area (TPSA) is 120 Å². The fraction of sp³-hybridized carbons (Fsp3) is 0.408. The third kappa shape index (κ3) is 15.6. The molecule has 2 aromatic heterocycles. The number of benzene rings is 4. The van der Waals surface area contributed by atoms with Gasteiger partial charge in [-0.1, -0.05) is 127 Å². The Hall–Kier alpha value is -7.78. The number of carbonyl (C=O) groups excluding carboxylic acids is 2. The van der Waals surface area contributed by atoms with E-state index in [2.05, 4.69) is 195 Å². The summed E-state index contributed by atoms with van der Waals surface area (Å²) in [6.45, 7) is 19.6. The molecule has 0 spiro atoms. The molecule has 446 valence electrons. The lowest BCUT2D eigenvalue weighted by Gasteiger charge is -2.33. The van der Waals surface area contributed by atoms with Crippen molar-refractivity contribution >= 4 is 70.5 Å². The van der Waals surface area contributed by atoms with Crippen LogP contribution in [0, 0.1) is 23.7 Å². The molecule has 0 unspecified atom stereocenters. The van der Waals surface area contributed by atoms with Gasteiger partial charge in [0.15, 0.2) is 23.0 Å². The standard InChI is InChI=1S/C71H82N4O8S2/c1-7-13-37-71(38-14-8-2)59-49-53(25-35-63-67-65(78-45-47-80-67)61(84-63)33-23-51-17-27-55(28-18-51)74(11-5)41-43-82-69(76)72-39-15-9-3)21-31-57(59)58-32-22-54(50-60(58)71)26-36-64-68-66(79-46-48-81-68)62(85-64)34-24-52-19-29-56(30-20-52)75(12-6)42-44-83-70(77)73-40-16-10-4/h17-24,27-34,49-50H,7-16,37-48H2,1-6H3,(H,72,76)(H,73,77)/b33-23+,34-24+. The van der Waals surface area contributed by atoms with E-state index in [4.69, 9.17) is 28.4 Å². The second kappa shape index (κ2) is 30.9. The number of nitrogens with zero attached hydrogens (tertiary/aromatic N) is 2. The van der Waals surface area contributed by atoms with Crippen molar-refractivity contribution in [2.45, 2.75) is 111 Å². The molecule has 2 N–H and O–H groups in total. The second-order valence-corrected chi connectivity index (χ2v) is 23.6. The Kier molecular flexibility index (Phi) is 22.4. The van der Waals surface area contributed by atoms with E-state index in [0.29, 0.717) is 77.3 Å². The molecule has 3 aliphatic rings. The van der Waals surface area contributed by atoms with Crippen LogP contribution in [0.3, 0.4) is 0 Å². The predicted molar refractivity (Wildman–Crippen MR) is 349 cm³/mol. The van der Waals surface area contributed by atoms with Crippen molar-refractivity contribution in [2.24, 2.45) is 0 Å². The van der Waals surface area contributed by atoms with Crippen LogP contribution in [0.15, 0.2) is 84.9 Å². The highest BCUT2D eigenvalue weighted by Crippen LogP contribution is 2.55. The molecule has 12 nitrogen and oxygen atoms in total. The number of rotatable bonds is 26. The molecule has 4 aromatic carbocycles. The van der Waals surface area contributed by atoms with E-state index in [9.17, 15) is 9.59 Å². The van der Waals surface area contributed by atoms with E-state index in [-0.39, 0.29) is 17.6 Å². The molecule has 6 aromatic rings. The van der Waals surface area contributed by atoms with Crippen LogP contribution in [0.2, 0.25) is 0 Å². The minimum absolute atomic E-state index is 0.180. The summed E-state index contributed by atoms with van der Waals surface area (Å²) in [5.41, 5.74) is 11.3. The number of hydrogen-bond acceptors (Lipinski definition) is 12. The first-order valence-electron chi connectivity index (χ1n) is 30.7. The lowest BCUT2D eigenvalue weighted by Crippen LogP contribution is -2.31. The maximum atomic E-state index is 12.1. The summed E-state index contributed by atoms with van der Waals surface area (Å²) in [4.78, 5) is 32.2. The zero-order valence-corrected chi connectivity index (χ0v) is 52.1. The number of amides is 2. The van der Waals surface area contributed by atoms with Crippen LogP contribution in [0.1, 0.15) is 159 Å². The largest absolute Gasteiger partial charge is 0.485 e. The van der Waals surface area contributed by atoms with Gasteiger partial charge >= 0.3 is 12.2 Å². The number of unbranched alkanes of at least 4 members (excludes halogenated alkanes) is 4. The summed E-state index contributed by atoms with van der Waals surface area (Å²) >= 11 is 3.18. The van der Waals surface area contributed by atoms with Gasteiger partial charge in [0, 0.05) is 54.1 Å². The Morgan fingerprint density at radius 2 is 0.918 bits per heavy atom. The molecule has 0 fully saturated rings. The van der Waals surface area contributed by atoms with Gasteiger partial charge in [-0.3, -0.25) is 0 Å². The van der Waals surface area contributed by atoms with Crippen molar-refractivity contribution in [1.29, 1.82) is 0 Å². The lowest BCUT2D eigenvalue weighted by atomic mass is 9.70. The fourth-order valence-corrected chi connectivity index (χ4v) is 13.0. The van der Waals surface area contributed by atoms with E-state index < -0.39 is 0 Å². The molecular weight excluding hydrogens is 1100 g/mol. The molecular formula is C71H82N4O8S2. The van der Waals surface area contributed by atoms with Gasteiger partial charge in [0.05, 0.1) is 22.8 Å². The third-order valence-electron chi connectivity index (χ3n) is 15.7. The average Bonchev–Trinajstić information content (AvgIpc) is 2.27. The van der Waals surface area contributed by atoms with Gasteiger partial charge in [-0.15, -0.1) is 22.7 Å². The number of alkyl carbamates (subject to hydrolysis) is 2. The summed E-state index contributed by atoms with van der Waals surface area (Å²) in [7, 11) is 0. The molecule has 4 heterocycles. The van der Waals surface area contributed by atoms with Crippen LogP contribution < -0.4 is 39.4 Å². The van der Waals surface area contributed by atoms with Crippen molar-refractivity contribution in [3.63, 3.8) is 0 Å². The summed E-state index contributed by atoms with van der Waals surface area (Å²) in [5, 5.41) is 5.62. The quantitative estimate of drug-likeness (QED) is 0.0401. The van der Waals surface area contributed by atoms with Crippen LogP contribution in [0.5, 0.6) is 23.0 Å². The van der Waals surface area contributed by atoms with Crippen LogP contribution in [-0.2, 0) is 14.9 Å². The maximum Gasteiger partial charge on any atom is 0.407 e. The van der Waals surface area contributed by atoms with Gasteiger partial charge < -0.3 is 48.9 Å². The number of ether oxygens (including phenoxy) is 6. The summed E-state index contributed by atoms with van der Waals surface area (Å²) in [5.74, 6) is 17.1. The minimum Gasteiger partial charge on any atom is -0.485 e. The monoisotopic (exact) mass is 1180 g/mol. The highest BCUT2D eigenvalue weighted by atomic mass is 32.1. The number of hydrogen-bond donors (Lipinski definition) is 2. The van der Waals surface area contributed by atoms with Gasteiger partial charge in [-0.25, -0.2) is 9.59 Å². The zero-order valence-electron chi connectivity index (χ0n) is 50.4. The number of fused-ring (bicyclic) bond motifs is 5. The van der Waals surface area contributed by atoms with Crippen molar-refractivity contribution in [3.05, 3.63) is 138 Å². The van der Waals surface area contributed by atoms with E-state index in [1.54, 1.807) is 22.7 Å². The summed E-state index contributed by atoms with van der Waals surface area (Å²) in [6, 6.07) is 30.4. The Morgan fingerprint density at radius 3 is 1.31 bits per heavy atom. The molecule has 0 radical (unpaired) electrons. The highest BCUT2D eigenvalue weighted by Gasteiger charge is 2.42. The van der Waals surface area contributed by atoms with E-state index in [1.165, 1.54) is 22.3 Å². The van der Waals surface area contributed by atoms with Crippen LogP contribution in [0.25, 0.3) is 35.4 Å². The second-order valence-electron chi connectivity index (χ2n) is 21.5. The molecule has 9 rings (SSSR count). The molecule has 2 aliphatic heterocycles. The van der Waals surface area contributed by atoms with Crippen molar-refractivity contribution in [2.75, 3.05) is 88.7 Å². The molecule has 85 heavy (non-hydrogen) atoms. The molecule has 0 bridgehead atoms. The van der Waals surface area contributed by atoms with Crippen LogP contribution >= 0.6 is 22.7 Å². The Bertz CT molecular complexity index is 3190. The van der Waals surface area contributed by atoms with Gasteiger partial charge in [-0.2, -0.15) is 0 Å². The van der Waals surface area contributed by atoms with Crippen molar-refractivity contribution in [3.8, 4) is 57.8 Å². The maximum absolute atomic E-state index is 12.1. The number of anilines is 2. The molecule has 1 aliphatic carbocycles. The summed E-state index contributed by atoms with van der Waals surface area (Å²) in [6.07, 6.45) is 18.1. The smallest absolute Gasteiger partial charge is 0.407 e. The van der Waals surface area contributed by atoms with Crippen LogP contribution in [0.4, 0.5) is 21.0 Å². The number of nitrogens with one attached hydrogen (secondary N) is 2. The average molecular weight is 1180 g/mol. The Labute approximate surface area is 511 Å². The van der Waals surface area contributed by atoms with E-state index in [0.717, 1.165) is 142 Å². The minimum atomic E-state index is -0.365. The SMILES string of the molecule is CCCCNC(=O)OCCN(CC)c1ccc(/C=C/c2sc(C#Cc3ccc4c(c3)C(CCCC)(CCCC)c3cc(C#Cc5sc(/C=C/c6ccc(N(CC)CCOC(=O)NCCCC)cc6)c6c5OCCO6)ccc3-4)c3c2OCCO3)cc1. The fourth-order valence-electron chi connectivity index (χ4n) is 11.1. The van der Waals surface area contributed by atoms with E-state index >= 15 is 0 Å². The highest BCUT2D eigenvalue weighted by molar-refractivity contribution is 7.14. The normalized spacial score (nSPS) is 13.3. The Morgan fingerprint density at radius 1 is 0.518 bits per heavy atom. The number of likely N-dealkylation sites (N-methyl/N-ethyl adjacent to an activating group) is 2. The molecule has 0 saturated carbocycles. The predicted octanol–water partition coefficient (Wildman–Crippen LogP) is 15.8. The number of thiophene rings is 2. The number of carbonyl (C=O) groups is 2. The zero-order chi connectivity index (χ0) is 59.4.